The lowest BCUT2D eigenvalue weighted by Gasteiger charge is -2.15. The van der Waals surface area contributed by atoms with Gasteiger partial charge >= 0.3 is 8.80 Å². The van der Waals surface area contributed by atoms with Crippen molar-refractivity contribution in [1.29, 1.82) is 0 Å². The van der Waals surface area contributed by atoms with Crippen LogP contribution in [0.2, 0.25) is 6.55 Å². The van der Waals surface area contributed by atoms with E-state index in [4.69, 9.17) is 14.7 Å². The van der Waals surface area contributed by atoms with Crippen LogP contribution in [0.25, 0.3) is 0 Å². The predicted molar refractivity (Wildman–Crippen MR) is 38.3 cm³/mol. The van der Waals surface area contributed by atoms with Gasteiger partial charge in [0.25, 0.3) is 0 Å². The Labute approximate surface area is 61.4 Å². The van der Waals surface area contributed by atoms with Crippen molar-refractivity contribution in [3.05, 3.63) is 0 Å². The van der Waals surface area contributed by atoms with Crippen LogP contribution in [-0.4, -0.2) is 36.7 Å². The SMILES string of the molecule is CC(CO)CO[Si](C)(O)O. The van der Waals surface area contributed by atoms with Gasteiger partial charge in [-0.25, -0.2) is 0 Å². The van der Waals surface area contributed by atoms with Crippen molar-refractivity contribution in [2.45, 2.75) is 13.5 Å². The molecule has 0 heterocycles. The number of hydrogen-bond donors (Lipinski definition) is 3. The van der Waals surface area contributed by atoms with Crippen molar-refractivity contribution < 1.29 is 19.1 Å². The fraction of sp³-hybridized carbons (Fsp3) is 1.00. The Morgan fingerprint density at radius 2 is 2.00 bits per heavy atom. The molecule has 62 valence electrons. The summed E-state index contributed by atoms with van der Waals surface area (Å²) in [6, 6.07) is 0. The summed E-state index contributed by atoms with van der Waals surface area (Å²) in [4.78, 5) is 17.5. The Kier molecular flexibility index (Phi) is 4.07. The Morgan fingerprint density at radius 3 is 2.30 bits per heavy atom. The van der Waals surface area contributed by atoms with Gasteiger partial charge in [0.2, 0.25) is 0 Å². The van der Waals surface area contributed by atoms with E-state index in [-0.39, 0.29) is 19.1 Å². The van der Waals surface area contributed by atoms with Gasteiger partial charge < -0.3 is 19.1 Å². The van der Waals surface area contributed by atoms with Crippen molar-refractivity contribution in [3.8, 4) is 0 Å². The first-order valence-electron chi connectivity index (χ1n) is 3.15. The first kappa shape index (κ1) is 10.1. The summed E-state index contributed by atoms with van der Waals surface area (Å²) in [6.07, 6.45) is 0. The zero-order valence-corrected chi connectivity index (χ0v) is 7.24. The molecule has 0 radical (unpaired) electrons. The number of rotatable bonds is 4. The van der Waals surface area contributed by atoms with Crippen LogP contribution in [0.1, 0.15) is 6.92 Å². The Bertz CT molecular complexity index is 90.1. The van der Waals surface area contributed by atoms with Crippen molar-refractivity contribution in [2.24, 2.45) is 5.92 Å². The number of aliphatic hydroxyl groups excluding tert-OH is 1. The highest BCUT2D eigenvalue weighted by atomic mass is 28.4. The van der Waals surface area contributed by atoms with Crippen LogP contribution in [0.15, 0.2) is 0 Å². The maximum absolute atomic E-state index is 8.75. The molecule has 5 heteroatoms. The van der Waals surface area contributed by atoms with Gasteiger partial charge in [0.1, 0.15) is 0 Å². The van der Waals surface area contributed by atoms with Gasteiger partial charge in [-0.15, -0.1) is 0 Å². The molecule has 10 heavy (non-hydrogen) atoms. The van der Waals surface area contributed by atoms with Gasteiger partial charge in [-0.1, -0.05) is 6.92 Å². The van der Waals surface area contributed by atoms with Crippen LogP contribution in [-0.2, 0) is 4.43 Å². The van der Waals surface area contributed by atoms with Crippen LogP contribution in [0.5, 0.6) is 0 Å². The summed E-state index contributed by atoms with van der Waals surface area (Å²) in [5.41, 5.74) is 0. The largest absolute Gasteiger partial charge is 0.492 e. The van der Waals surface area contributed by atoms with Crippen molar-refractivity contribution in [1.82, 2.24) is 0 Å². The molecule has 1 atom stereocenters. The summed E-state index contributed by atoms with van der Waals surface area (Å²) in [7, 11) is -3.35. The summed E-state index contributed by atoms with van der Waals surface area (Å²) in [6.45, 7) is 3.23. The van der Waals surface area contributed by atoms with Gasteiger partial charge in [0, 0.05) is 25.7 Å². The molecule has 0 saturated heterocycles. The topological polar surface area (TPSA) is 69.9 Å². The summed E-state index contributed by atoms with van der Waals surface area (Å²) in [5, 5.41) is 8.50. The molecule has 4 nitrogen and oxygen atoms in total. The summed E-state index contributed by atoms with van der Waals surface area (Å²) >= 11 is 0. The Hall–Kier alpha value is 0.0569. The smallest absolute Gasteiger partial charge is 0.396 e. The average Bonchev–Trinajstić information content (AvgIpc) is 1.81. The lowest BCUT2D eigenvalue weighted by Crippen LogP contribution is -2.36. The first-order valence-corrected chi connectivity index (χ1v) is 5.45. The van der Waals surface area contributed by atoms with Crippen LogP contribution in [0.3, 0.4) is 0 Å². The third-order valence-electron chi connectivity index (χ3n) is 0.953. The van der Waals surface area contributed by atoms with E-state index in [1.807, 2.05) is 0 Å². The third-order valence-corrected chi connectivity index (χ3v) is 1.67. The van der Waals surface area contributed by atoms with Crippen LogP contribution in [0, 0.1) is 5.92 Å². The number of aliphatic hydroxyl groups is 1. The minimum Gasteiger partial charge on any atom is -0.396 e. The molecule has 0 aliphatic heterocycles. The fourth-order valence-electron chi connectivity index (χ4n) is 0.353. The van der Waals surface area contributed by atoms with Gasteiger partial charge in [-0.3, -0.25) is 0 Å². The second-order valence-electron chi connectivity index (χ2n) is 2.53. The lowest BCUT2D eigenvalue weighted by molar-refractivity contribution is 0.109. The molecule has 0 amide bonds. The highest BCUT2D eigenvalue weighted by Crippen LogP contribution is 1.99. The minimum absolute atomic E-state index is 0.00444. The quantitative estimate of drug-likeness (QED) is 0.477. The minimum atomic E-state index is -3.35. The highest BCUT2D eigenvalue weighted by molar-refractivity contribution is 6.56. The van der Waals surface area contributed by atoms with E-state index in [9.17, 15) is 0 Å². The highest BCUT2D eigenvalue weighted by Gasteiger charge is 2.24. The molecule has 0 rings (SSSR count). The second kappa shape index (κ2) is 4.04. The van der Waals surface area contributed by atoms with E-state index in [0.717, 1.165) is 0 Å². The lowest BCUT2D eigenvalue weighted by atomic mass is 10.2. The van der Waals surface area contributed by atoms with Gasteiger partial charge in [0.15, 0.2) is 0 Å². The molecule has 0 saturated carbocycles. The molecule has 0 fully saturated rings. The second-order valence-corrected chi connectivity index (χ2v) is 4.69. The first-order chi connectivity index (χ1) is 4.45. The number of hydrogen-bond acceptors (Lipinski definition) is 4. The van der Waals surface area contributed by atoms with Crippen molar-refractivity contribution in [3.63, 3.8) is 0 Å². The maximum Gasteiger partial charge on any atom is 0.492 e. The van der Waals surface area contributed by atoms with E-state index >= 15 is 0 Å². The standard InChI is InChI=1S/C5H14O4Si/c1-5(3-6)4-9-10(2,7)8/h5-8H,3-4H2,1-2H3. The maximum atomic E-state index is 8.75. The molecule has 0 aliphatic carbocycles. The van der Waals surface area contributed by atoms with Gasteiger partial charge in [0.05, 0.1) is 0 Å². The average molecular weight is 166 g/mol. The Balaban J connectivity index is 3.36. The summed E-state index contributed by atoms with van der Waals surface area (Å²) < 4.78 is 4.67. The molecule has 0 bridgehead atoms. The summed E-state index contributed by atoms with van der Waals surface area (Å²) in [5.74, 6) is -0.0360. The molecule has 3 N–H and O–H groups in total. The predicted octanol–water partition coefficient (Wildman–Crippen LogP) is -0.815. The molecular weight excluding hydrogens is 152 g/mol. The third kappa shape index (κ3) is 6.18. The molecule has 0 aromatic heterocycles. The van der Waals surface area contributed by atoms with E-state index < -0.39 is 8.80 Å². The van der Waals surface area contributed by atoms with Crippen LogP contribution >= 0.6 is 0 Å². The molecule has 0 aromatic rings. The molecular formula is C5H14O4Si. The van der Waals surface area contributed by atoms with Gasteiger partial charge in [-0.05, 0) is 0 Å². The Morgan fingerprint density at radius 1 is 1.50 bits per heavy atom. The zero-order valence-electron chi connectivity index (χ0n) is 6.24. The fourth-order valence-corrected chi connectivity index (χ4v) is 0.953. The normalized spacial score (nSPS) is 15.3. The molecule has 0 spiro atoms. The molecule has 0 aliphatic rings. The van der Waals surface area contributed by atoms with E-state index in [1.165, 1.54) is 6.55 Å². The van der Waals surface area contributed by atoms with E-state index in [0.29, 0.717) is 0 Å². The zero-order chi connectivity index (χ0) is 8.20. The van der Waals surface area contributed by atoms with Crippen molar-refractivity contribution in [2.75, 3.05) is 13.2 Å². The van der Waals surface area contributed by atoms with E-state index in [1.54, 1.807) is 6.92 Å². The van der Waals surface area contributed by atoms with Crippen LogP contribution in [0.4, 0.5) is 0 Å². The monoisotopic (exact) mass is 166 g/mol. The molecule has 0 aromatic carbocycles. The van der Waals surface area contributed by atoms with E-state index in [2.05, 4.69) is 4.43 Å². The van der Waals surface area contributed by atoms with Gasteiger partial charge in [-0.2, -0.15) is 0 Å². The molecule has 1 unspecified atom stereocenters. The van der Waals surface area contributed by atoms with Crippen LogP contribution < -0.4 is 0 Å². The van der Waals surface area contributed by atoms with Crippen molar-refractivity contribution >= 4 is 8.80 Å².